The SMILES string of the molecule is O=C(c1ccc2[nH]cc(-c3cccs3)c2c1)N1CCN(CCc2ccc(F)cc2)CC1. The number of nitrogens with one attached hydrogen (secondary N) is 1. The van der Waals surface area contributed by atoms with Crippen LogP contribution in [0.25, 0.3) is 21.3 Å². The lowest BCUT2D eigenvalue weighted by molar-refractivity contribution is 0.0638. The van der Waals surface area contributed by atoms with Gasteiger partial charge in [0, 0.05) is 65.8 Å². The Balaban J connectivity index is 1.22. The molecule has 1 fully saturated rings. The van der Waals surface area contributed by atoms with Gasteiger partial charge in [0.2, 0.25) is 0 Å². The van der Waals surface area contributed by atoms with E-state index < -0.39 is 0 Å². The summed E-state index contributed by atoms with van der Waals surface area (Å²) < 4.78 is 13.1. The predicted molar refractivity (Wildman–Crippen MR) is 124 cm³/mol. The topological polar surface area (TPSA) is 39.3 Å². The molecular formula is C25H24FN3OS. The van der Waals surface area contributed by atoms with E-state index in [1.165, 1.54) is 17.0 Å². The van der Waals surface area contributed by atoms with Crippen LogP contribution in [-0.4, -0.2) is 53.4 Å². The van der Waals surface area contributed by atoms with E-state index in [0.29, 0.717) is 0 Å². The van der Waals surface area contributed by atoms with Crippen LogP contribution < -0.4 is 0 Å². The van der Waals surface area contributed by atoms with E-state index in [9.17, 15) is 9.18 Å². The Hall–Kier alpha value is -2.96. The zero-order valence-electron chi connectivity index (χ0n) is 17.2. The van der Waals surface area contributed by atoms with Gasteiger partial charge in [0.25, 0.3) is 5.91 Å². The van der Waals surface area contributed by atoms with Crippen LogP contribution in [0.3, 0.4) is 0 Å². The van der Waals surface area contributed by atoms with Crippen molar-refractivity contribution >= 4 is 28.1 Å². The van der Waals surface area contributed by atoms with Gasteiger partial charge in [0.1, 0.15) is 5.82 Å². The number of hydrogen-bond acceptors (Lipinski definition) is 3. The molecule has 4 nitrogen and oxygen atoms in total. The zero-order valence-corrected chi connectivity index (χ0v) is 18.0. The van der Waals surface area contributed by atoms with Crippen LogP contribution in [-0.2, 0) is 6.42 Å². The summed E-state index contributed by atoms with van der Waals surface area (Å²) in [6, 6.07) is 16.8. The molecule has 31 heavy (non-hydrogen) atoms. The number of piperazine rings is 1. The number of thiophene rings is 1. The predicted octanol–water partition coefficient (Wildman–Crippen LogP) is 5.04. The Kier molecular flexibility index (Phi) is 5.57. The Labute approximate surface area is 184 Å². The minimum absolute atomic E-state index is 0.0958. The number of hydrogen-bond donors (Lipinski definition) is 1. The first-order valence-electron chi connectivity index (χ1n) is 10.6. The van der Waals surface area contributed by atoms with Gasteiger partial charge in [-0.05, 0) is 53.8 Å². The van der Waals surface area contributed by atoms with Gasteiger partial charge in [-0.1, -0.05) is 18.2 Å². The van der Waals surface area contributed by atoms with E-state index in [0.717, 1.165) is 66.7 Å². The summed E-state index contributed by atoms with van der Waals surface area (Å²) in [5, 5.41) is 3.16. The molecule has 2 aromatic carbocycles. The van der Waals surface area contributed by atoms with Crippen molar-refractivity contribution in [2.75, 3.05) is 32.7 Å². The lowest BCUT2D eigenvalue weighted by atomic mass is 10.1. The fraction of sp³-hybridized carbons (Fsp3) is 0.240. The van der Waals surface area contributed by atoms with E-state index in [-0.39, 0.29) is 11.7 Å². The number of aromatic nitrogens is 1. The molecule has 0 unspecified atom stereocenters. The van der Waals surface area contributed by atoms with E-state index in [1.807, 2.05) is 47.5 Å². The van der Waals surface area contributed by atoms with Crippen LogP contribution in [0.5, 0.6) is 0 Å². The standard InChI is InChI=1S/C25H24FN3OS/c26-20-6-3-18(4-7-20)9-10-28-11-13-29(14-12-28)25(30)19-5-8-23-21(16-19)22(17-27-23)24-2-1-15-31-24/h1-8,15-17,27H,9-14H2. The number of fused-ring (bicyclic) bond motifs is 1. The second kappa shape index (κ2) is 8.65. The summed E-state index contributed by atoms with van der Waals surface area (Å²) in [4.78, 5) is 22.0. The van der Waals surface area contributed by atoms with E-state index >= 15 is 0 Å². The zero-order chi connectivity index (χ0) is 21.2. The van der Waals surface area contributed by atoms with Gasteiger partial charge in [-0.2, -0.15) is 0 Å². The van der Waals surface area contributed by atoms with Crippen molar-refractivity contribution in [3.05, 3.63) is 83.1 Å². The lowest BCUT2D eigenvalue weighted by Gasteiger charge is -2.34. The summed E-state index contributed by atoms with van der Waals surface area (Å²) in [5.41, 5.74) is 4.07. The maximum Gasteiger partial charge on any atom is 0.253 e. The van der Waals surface area contributed by atoms with Gasteiger partial charge in [0.05, 0.1) is 0 Å². The third kappa shape index (κ3) is 4.27. The molecule has 1 aliphatic rings. The molecular weight excluding hydrogens is 409 g/mol. The highest BCUT2D eigenvalue weighted by Crippen LogP contribution is 2.32. The van der Waals surface area contributed by atoms with Gasteiger partial charge < -0.3 is 9.88 Å². The summed E-state index contributed by atoms with van der Waals surface area (Å²) in [6.07, 6.45) is 2.91. The highest BCUT2D eigenvalue weighted by Gasteiger charge is 2.22. The van der Waals surface area contributed by atoms with Gasteiger partial charge in [-0.15, -0.1) is 11.3 Å². The average Bonchev–Trinajstić information content (AvgIpc) is 3.48. The van der Waals surface area contributed by atoms with Crippen molar-refractivity contribution in [3.8, 4) is 10.4 Å². The first-order valence-corrected chi connectivity index (χ1v) is 11.5. The number of amides is 1. The molecule has 4 aromatic rings. The third-order valence-corrected chi connectivity index (χ3v) is 6.91. The van der Waals surface area contributed by atoms with Crippen molar-refractivity contribution in [1.82, 2.24) is 14.8 Å². The normalized spacial score (nSPS) is 14.9. The molecule has 0 aliphatic carbocycles. The second-order valence-electron chi connectivity index (χ2n) is 7.95. The smallest absolute Gasteiger partial charge is 0.253 e. The van der Waals surface area contributed by atoms with Crippen LogP contribution >= 0.6 is 11.3 Å². The molecule has 1 saturated heterocycles. The fourth-order valence-electron chi connectivity index (χ4n) is 4.18. The van der Waals surface area contributed by atoms with Crippen LogP contribution in [0.4, 0.5) is 4.39 Å². The van der Waals surface area contributed by atoms with Crippen molar-refractivity contribution in [3.63, 3.8) is 0 Å². The Morgan fingerprint density at radius 1 is 1.03 bits per heavy atom. The third-order valence-electron chi connectivity index (χ3n) is 6.00. The largest absolute Gasteiger partial charge is 0.361 e. The average molecular weight is 434 g/mol. The van der Waals surface area contributed by atoms with E-state index in [4.69, 9.17) is 0 Å². The number of aromatic amines is 1. The van der Waals surface area contributed by atoms with Gasteiger partial charge >= 0.3 is 0 Å². The van der Waals surface area contributed by atoms with Crippen LogP contribution in [0.15, 0.2) is 66.2 Å². The highest BCUT2D eigenvalue weighted by molar-refractivity contribution is 7.13. The first-order chi connectivity index (χ1) is 15.2. The molecule has 158 valence electrons. The summed E-state index contributed by atoms with van der Waals surface area (Å²) in [5.74, 6) is -0.102. The number of benzene rings is 2. The van der Waals surface area contributed by atoms with Crippen molar-refractivity contribution in [1.29, 1.82) is 0 Å². The molecule has 0 saturated carbocycles. The summed E-state index contributed by atoms with van der Waals surface area (Å²) in [7, 11) is 0. The number of carbonyl (C=O) groups is 1. The van der Waals surface area contributed by atoms with Crippen LogP contribution in [0, 0.1) is 5.82 Å². The number of halogens is 1. The van der Waals surface area contributed by atoms with Crippen LogP contribution in [0.1, 0.15) is 15.9 Å². The quantitative estimate of drug-likeness (QED) is 0.479. The molecule has 1 aliphatic heterocycles. The minimum Gasteiger partial charge on any atom is -0.361 e. The number of nitrogens with zero attached hydrogens (tertiary/aromatic N) is 2. The molecule has 5 rings (SSSR count). The van der Waals surface area contributed by atoms with Crippen molar-refractivity contribution < 1.29 is 9.18 Å². The molecule has 0 spiro atoms. The molecule has 3 heterocycles. The maximum absolute atomic E-state index is 13.1. The lowest BCUT2D eigenvalue weighted by Crippen LogP contribution is -2.49. The monoisotopic (exact) mass is 433 g/mol. The first kappa shape index (κ1) is 20.0. The Morgan fingerprint density at radius 3 is 2.58 bits per heavy atom. The molecule has 6 heteroatoms. The summed E-state index contributed by atoms with van der Waals surface area (Å²) >= 11 is 1.70. The molecule has 2 aromatic heterocycles. The highest BCUT2D eigenvalue weighted by atomic mass is 32.1. The molecule has 0 atom stereocenters. The van der Waals surface area contributed by atoms with Gasteiger partial charge in [-0.25, -0.2) is 4.39 Å². The van der Waals surface area contributed by atoms with E-state index in [2.05, 4.69) is 21.3 Å². The second-order valence-corrected chi connectivity index (χ2v) is 8.90. The minimum atomic E-state index is -0.198. The van der Waals surface area contributed by atoms with E-state index in [1.54, 1.807) is 11.3 Å². The fourth-order valence-corrected chi connectivity index (χ4v) is 4.94. The maximum atomic E-state index is 13.1. The molecule has 0 bridgehead atoms. The van der Waals surface area contributed by atoms with Crippen molar-refractivity contribution in [2.45, 2.75) is 6.42 Å². The van der Waals surface area contributed by atoms with Crippen LogP contribution in [0.2, 0.25) is 0 Å². The number of carbonyl (C=O) groups excluding carboxylic acids is 1. The Bertz CT molecular complexity index is 1180. The molecule has 1 N–H and O–H groups in total. The molecule has 1 amide bonds. The number of H-pyrrole nitrogens is 1. The molecule has 0 radical (unpaired) electrons. The Morgan fingerprint density at radius 2 is 1.84 bits per heavy atom. The van der Waals surface area contributed by atoms with Gasteiger partial charge in [0.15, 0.2) is 0 Å². The number of rotatable bonds is 5. The van der Waals surface area contributed by atoms with Gasteiger partial charge in [-0.3, -0.25) is 9.69 Å². The summed E-state index contributed by atoms with van der Waals surface area (Å²) in [6.45, 7) is 4.10. The van der Waals surface area contributed by atoms with Crippen molar-refractivity contribution in [2.24, 2.45) is 0 Å².